The zero-order valence-electron chi connectivity index (χ0n) is 8.36. The van der Waals surface area contributed by atoms with Crippen molar-refractivity contribution in [3.63, 3.8) is 0 Å². The summed E-state index contributed by atoms with van der Waals surface area (Å²) in [5.74, 6) is 0. The minimum atomic E-state index is 1.08. The lowest BCUT2D eigenvalue weighted by molar-refractivity contribution is 0.954. The molecule has 0 aromatic heterocycles. The van der Waals surface area contributed by atoms with Gasteiger partial charge in [-0.2, -0.15) is 0 Å². The third-order valence-corrected chi connectivity index (χ3v) is 2.15. The van der Waals surface area contributed by atoms with E-state index in [4.69, 9.17) is 0 Å². The monoisotopic (exact) mass is 230 g/mol. The van der Waals surface area contributed by atoms with Crippen LogP contribution in [-0.2, 0) is 0 Å². The van der Waals surface area contributed by atoms with Crippen LogP contribution in [0.2, 0.25) is 0 Å². The Hall–Kier alpha value is -0.0400. The van der Waals surface area contributed by atoms with Crippen molar-refractivity contribution in [2.24, 2.45) is 0 Å². The van der Waals surface area contributed by atoms with Gasteiger partial charge < -0.3 is 0 Å². The van der Waals surface area contributed by atoms with Crippen molar-refractivity contribution in [3.05, 3.63) is 23.3 Å². The molecule has 70 valence electrons. The predicted octanol–water partition coefficient (Wildman–Crippen LogP) is 4.46. The molecule has 1 heteroatoms. The molecular formula is C11H19Br. The van der Waals surface area contributed by atoms with Gasteiger partial charge in [0.05, 0.1) is 0 Å². The van der Waals surface area contributed by atoms with E-state index in [9.17, 15) is 0 Å². The highest BCUT2D eigenvalue weighted by Gasteiger charge is 1.87. The number of allylic oxidation sites excluding steroid dienone is 4. The fraction of sp³-hybridized carbons (Fsp3) is 0.636. The van der Waals surface area contributed by atoms with Crippen molar-refractivity contribution >= 4 is 15.9 Å². The van der Waals surface area contributed by atoms with Gasteiger partial charge in [0.2, 0.25) is 0 Å². The summed E-state index contributed by atoms with van der Waals surface area (Å²) in [7, 11) is 0. The number of rotatable bonds is 5. The number of halogens is 1. The average molecular weight is 231 g/mol. The Morgan fingerprint density at radius 1 is 1.08 bits per heavy atom. The van der Waals surface area contributed by atoms with Crippen LogP contribution in [0.4, 0.5) is 0 Å². The molecule has 0 saturated carbocycles. The van der Waals surface area contributed by atoms with Crippen LogP contribution in [0.15, 0.2) is 23.3 Å². The van der Waals surface area contributed by atoms with Crippen LogP contribution in [0, 0.1) is 0 Å². The van der Waals surface area contributed by atoms with Crippen LogP contribution in [-0.4, -0.2) is 5.33 Å². The summed E-state index contributed by atoms with van der Waals surface area (Å²) in [5, 5.41) is 1.08. The molecule has 0 aromatic carbocycles. The molecule has 0 nitrogen and oxygen atoms in total. The van der Waals surface area contributed by atoms with Gasteiger partial charge in [0.1, 0.15) is 0 Å². The van der Waals surface area contributed by atoms with Crippen molar-refractivity contribution in [3.8, 4) is 0 Å². The molecule has 0 amide bonds. The predicted molar refractivity (Wildman–Crippen MR) is 60.8 cm³/mol. The lowest BCUT2D eigenvalue weighted by Gasteiger charge is -1.97. The van der Waals surface area contributed by atoms with Crippen molar-refractivity contribution in [2.75, 3.05) is 5.33 Å². The fourth-order valence-electron chi connectivity index (χ4n) is 0.992. The van der Waals surface area contributed by atoms with E-state index in [1.165, 1.54) is 24.0 Å². The molecule has 0 saturated heterocycles. The minimum Gasteiger partial charge on any atom is -0.0925 e. The fourth-order valence-corrected chi connectivity index (χ4v) is 1.22. The Kier molecular flexibility index (Phi) is 7.58. The summed E-state index contributed by atoms with van der Waals surface area (Å²) in [6.45, 7) is 6.51. The topological polar surface area (TPSA) is 0 Å². The molecule has 0 bridgehead atoms. The summed E-state index contributed by atoms with van der Waals surface area (Å²) >= 11 is 3.41. The van der Waals surface area contributed by atoms with Gasteiger partial charge in [0, 0.05) is 5.33 Å². The smallest absolute Gasteiger partial charge is 0.00660 e. The van der Waals surface area contributed by atoms with E-state index < -0.39 is 0 Å². The van der Waals surface area contributed by atoms with Gasteiger partial charge in [0.15, 0.2) is 0 Å². The van der Waals surface area contributed by atoms with E-state index in [0.29, 0.717) is 0 Å². The van der Waals surface area contributed by atoms with Crippen LogP contribution in [0.1, 0.15) is 40.0 Å². The standard InChI is InChI=1S/C11H19Br/c1-10(2)6-4-7-11(3)8-5-9-12/h6,8H,4-5,7,9H2,1-3H3. The van der Waals surface area contributed by atoms with Gasteiger partial charge in [0.25, 0.3) is 0 Å². The Morgan fingerprint density at radius 2 is 1.75 bits per heavy atom. The Morgan fingerprint density at radius 3 is 2.25 bits per heavy atom. The second-order valence-corrected chi connectivity index (χ2v) is 4.14. The van der Waals surface area contributed by atoms with E-state index in [0.717, 1.165) is 11.8 Å². The molecule has 0 atom stereocenters. The van der Waals surface area contributed by atoms with E-state index in [-0.39, 0.29) is 0 Å². The molecule has 0 rings (SSSR count). The highest BCUT2D eigenvalue weighted by molar-refractivity contribution is 9.09. The SMILES string of the molecule is CC(C)=CCCC(C)=CCCBr. The first-order chi connectivity index (χ1) is 5.66. The van der Waals surface area contributed by atoms with Gasteiger partial charge in [-0.1, -0.05) is 39.2 Å². The van der Waals surface area contributed by atoms with Crippen LogP contribution < -0.4 is 0 Å². The summed E-state index contributed by atoms with van der Waals surface area (Å²) in [6.07, 6.45) is 8.16. The highest BCUT2D eigenvalue weighted by Crippen LogP contribution is 2.07. The Labute approximate surface area is 84.9 Å². The van der Waals surface area contributed by atoms with Crippen LogP contribution >= 0.6 is 15.9 Å². The Bertz CT molecular complexity index is 162. The van der Waals surface area contributed by atoms with E-state index >= 15 is 0 Å². The van der Waals surface area contributed by atoms with E-state index in [2.05, 4.69) is 48.9 Å². The van der Waals surface area contributed by atoms with Crippen molar-refractivity contribution in [1.29, 1.82) is 0 Å². The van der Waals surface area contributed by atoms with Crippen LogP contribution in [0.3, 0.4) is 0 Å². The minimum absolute atomic E-state index is 1.08. The first kappa shape index (κ1) is 12.0. The first-order valence-corrected chi connectivity index (χ1v) is 5.64. The van der Waals surface area contributed by atoms with Crippen molar-refractivity contribution in [1.82, 2.24) is 0 Å². The van der Waals surface area contributed by atoms with Gasteiger partial charge in [-0.25, -0.2) is 0 Å². The molecule has 0 unspecified atom stereocenters. The average Bonchev–Trinajstić information content (AvgIpc) is 2.00. The first-order valence-electron chi connectivity index (χ1n) is 4.51. The molecule has 0 spiro atoms. The number of alkyl halides is 1. The van der Waals surface area contributed by atoms with Crippen LogP contribution in [0.5, 0.6) is 0 Å². The molecule has 0 N–H and O–H groups in total. The molecule has 0 aliphatic heterocycles. The van der Waals surface area contributed by atoms with Crippen molar-refractivity contribution < 1.29 is 0 Å². The molecule has 0 aliphatic carbocycles. The lowest BCUT2D eigenvalue weighted by Crippen LogP contribution is -1.78. The molecule has 0 radical (unpaired) electrons. The second-order valence-electron chi connectivity index (χ2n) is 3.35. The quantitative estimate of drug-likeness (QED) is 0.484. The summed E-state index contributed by atoms with van der Waals surface area (Å²) in [4.78, 5) is 0. The molecule has 0 aliphatic rings. The lowest BCUT2D eigenvalue weighted by atomic mass is 10.1. The van der Waals surface area contributed by atoms with Gasteiger partial charge in [-0.3, -0.25) is 0 Å². The molecule has 0 aromatic rings. The van der Waals surface area contributed by atoms with Gasteiger partial charge in [-0.05, 0) is 40.0 Å². The molecular weight excluding hydrogens is 212 g/mol. The zero-order valence-corrected chi connectivity index (χ0v) is 9.95. The number of hydrogen-bond donors (Lipinski definition) is 0. The summed E-state index contributed by atoms with van der Waals surface area (Å²) in [5.41, 5.74) is 2.93. The normalized spacial score (nSPS) is 11.5. The zero-order chi connectivity index (χ0) is 9.40. The van der Waals surface area contributed by atoms with Crippen LogP contribution in [0.25, 0.3) is 0 Å². The largest absolute Gasteiger partial charge is 0.0925 e. The maximum absolute atomic E-state index is 3.41. The van der Waals surface area contributed by atoms with Gasteiger partial charge in [-0.15, -0.1) is 0 Å². The van der Waals surface area contributed by atoms with Crippen molar-refractivity contribution in [2.45, 2.75) is 40.0 Å². The maximum Gasteiger partial charge on any atom is 0.00660 e. The molecule has 0 heterocycles. The Balaban J connectivity index is 3.56. The third-order valence-electron chi connectivity index (χ3n) is 1.69. The second kappa shape index (κ2) is 7.60. The summed E-state index contributed by atoms with van der Waals surface area (Å²) in [6, 6.07) is 0. The highest BCUT2D eigenvalue weighted by atomic mass is 79.9. The van der Waals surface area contributed by atoms with Gasteiger partial charge >= 0.3 is 0 Å². The third kappa shape index (κ3) is 8.06. The maximum atomic E-state index is 3.41. The summed E-state index contributed by atoms with van der Waals surface area (Å²) < 4.78 is 0. The van der Waals surface area contributed by atoms with E-state index in [1.54, 1.807) is 0 Å². The van der Waals surface area contributed by atoms with E-state index in [1.807, 2.05) is 0 Å². The molecule has 0 fully saturated rings. The number of hydrogen-bond acceptors (Lipinski definition) is 0. The molecule has 12 heavy (non-hydrogen) atoms.